The molecule has 4 N–H and O–H groups in total. The lowest BCUT2D eigenvalue weighted by Crippen LogP contribution is -2.22. The van der Waals surface area contributed by atoms with Crippen molar-refractivity contribution in [2.24, 2.45) is 11.5 Å². The minimum absolute atomic E-state index is 0.434. The van der Waals surface area contributed by atoms with Crippen LogP contribution in [0.15, 0.2) is 48.5 Å². The smallest absolute Gasteiger partial charge is 0.0793 e. The monoisotopic (exact) mass is 212 g/mol. The van der Waals surface area contributed by atoms with Crippen LogP contribution in [0.3, 0.4) is 0 Å². The number of nitrogens with two attached hydrogens (primary N) is 2. The molecule has 0 radical (unpaired) electrons. The Morgan fingerprint density at radius 1 is 0.875 bits per heavy atom. The number of rotatable bonds is 2. The molecule has 0 aliphatic carbocycles. The van der Waals surface area contributed by atoms with Gasteiger partial charge in [0.1, 0.15) is 0 Å². The first kappa shape index (κ1) is 10.9. The second-order valence-electron chi connectivity index (χ2n) is 3.93. The van der Waals surface area contributed by atoms with E-state index in [1.165, 1.54) is 0 Å². The summed E-state index contributed by atoms with van der Waals surface area (Å²) in [5.74, 6) is 0. The third kappa shape index (κ3) is 1.98. The van der Waals surface area contributed by atoms with Gasteiger partial charge in [-0.05, 0) is 29.2 Å². The molecule has 0 heterocycles. The molecule has 0 aliphatic heterocycles. The Hall–Kier alpha value is -1.64. The molecule has 0 amide bonds. The summed E-state index contributed by atoms with van der Waals surface area (Å²) in [4.78, 5) is 0. The Balaban J connectivity index is 2.61. The highest BCUT2D eigenvalue weighted by Gasteiger charge is 2.10. The molecule has 2 aromatic carbocycles. The predicted molar refractivity (Wildman–Crippen MR) is 67.7 cm³/mol. The van der Waals surface area contributed by atoms with E-state index in [0.717, 1.165) is 22.3 Å². The zero-order valence-electron chi connectivity index (χ0n) is 9.35. The van der Waals surface area contributed by atoms with Crippen LogP contribution in [0.2, 0.25) is 0 Å². The summed E-state index contributed by atoms with van der Waals surface area (Å²) in [5, 5.41) is 0. The Morgan fingerprint density at radius 2 is 1.56 bits per heavy atom. The molecular formula is C14H16N2. The Bertz CT molecular complexity index is 475. The maximum atomic E-state index is 5.83. The highest BCUT2D eigenvalue weighted by atomic mass is 14.8. The lowest BCUT2D eigenvalue weighted by molar-refractivity contribution is 0.769. The molecule has 2 nitrogen and oxygen atoms in total. The van der Waals surface area contributed by atoms with Gasteiger partial charge in [0.25, 0.3) is 0 Å². The van der Waals surface area contributed by atoms with Gasteiger partial charge in [0.2, 0.25) is 0 Å². The first-order valence-electron chi connectivity index (χ1n) is 5.36. The summed E-state index contributed by atoms with van der Waals surface area (Å²) in [7, 11) is 0. The molecule has 0 atom stereocenters. The van der Waals surface area contributed by atoms with Gasteiger partial charge in [0.05, 0.1) is 6.17 Å². The largest absolute Gasteiger partial charge is 0.312 e. The molecular weight excluding hydrogens is 196 g/mol. The van der Waals surface area contributed by atoms with E-state index >= 15 is 0 Å². The molecule has 0 aromatic heterocycles. The van der Waals surface area contributed by atoms with E-state index in [9.17, 15) is 0 Å². The van der Waals surface area contributed by atoms with Crippen LogP contribution in [0, 0.1) is 6.92 Å². The van der Waals surface area contributed by atoms with Gasteiger partial charge in [0.15, 0.2) is 0 Å². The standard InChI is InChI=1S/C14H16N2/c1-10-6-5-9-12(13(10)14(15)16)11-7-3-2-4-8-11/h2-9,14H,15-16H2,1H3. The van der Waals surface area contributed by atoms with Gasteiger partial charge < -0.3 is 11.5 Å². The van der Waals surface area contributed by atoms with Crippen molar-refractivity contribution in [3.05, 3.63) is 59.7 Å². The van der Waals surface area contributed by atoms with Crippen LogP contribution in [0.25, 0.3) is 11.1 Å². The summed E-state index contributed by atoms with van der Waals surface area (Å²) in [6.07, 6.45) is -0.434. The maximum Gasteiger partial charge on any atom is 0.0793 e. The molecule has 0 saturated carbocycles. The second kappa shape index (κ2) is 4.47. The van der Waals surface area contributed by atoms with E-state index in [1.807, 2.05) is 37.3 Å². The summed E-state index contributed by atoms with van der Waals surface area (Å²) < 4.78 is 0. The van der Waals surface area contributed by atoms with Crippen molar-refractivity contribution in [2.75, 3.05) is 0 Å². The van der Waals surface area contributed by atoms with Crippen molar-refractivity contribution in [1.29, 1.82) is 0 Å². The fourth-order valence-corrected chi connectivity index (χ4v) is 1.99. The molecule has 2 aromatic rings. The van der Waals surface area contributed by atoms with Crippen molar-refractivity contribution in [2.45, 2.75) is 13.1 Å². The lowest BCUT2D eigenvalue weighted by atomic mass is 9.94. The summed E-state index contributed by atoms with van der Waals surface area (Å²) in [6.45, 7) is 2.04. The van der Waals surface area contributed by atoms with E-state index in [1.54, 1.807) is 0 Å². The number of hydrogen-bond acceptors (Lipinski definition) is 2. The normalized spacial score (nSPS) is 10.8. The molecule has 0 fully saturated rings. The van der Waals surface area contributed by atoms with Crippen LogP contribution in [0.5, 0.6) is 0 Å². The van der Waals surface area contributed by atoms with Crippen molar-refractivity contribution in [3.63, 3.8) is 0 Å². The first-order valence-corrected chi connectivity index (χ1v) is 5.36. The summed E-state index contributed by atoms with van der Waals surface area (Å²) in [6, 6.07) is 16.3. The summed E-state index contributed by atoms with van der Waals surface area (Å²) >= 11 is 0. The topological polar surface area (TPSA) is 52.0 Å². The van der Waals surface area contributed by atoms with Crippen LogP contribution in [-0.4, -0.2) is 0 Å². The Labute approximate surface area is 95.9 Å². The highest BCUT2D eigenvalue weighted by molar-refractivity contribution is 5.69. The van der Waals surface area contributed by atoms with E-state index < -0.39 is 6.17 Å². The molecule has 0 unspecified atom stereocenters. The number of hydrogen-bond donors (Lipinski definition) is 2. The van der Waals surface area contributed by atoms with Crippen LogP contribution in [0.4, 0.5) is 0 Å². The lowest BCUT2D eigenvalue weighted by Gasteiger charge is -2.15. The average Bonchev–Trinajstić information content (AvgIpc) is 2.29. The Morgan fingerprint density at radius 3 is 2.19 bits per heavy atom. The van der Waals surface area contributed by atoms with E-state index in [2.05, 4.69) is 18.2 Å². The highest BCUT2D eigenvalue weighted by Crippen LogP contribution is 2.28. The van der Waals surface area contributed by atoms with Gasteiger partial charge in [-0.15, -0.1) is 0 Å². The van der Waals surface area contributed by atoms with Crippen molar-refractivity contribution < 1.29 is 0 Å². The first-order chi connectivity index (χ1) is 7.70. The van der Waals surface area contributed by atoms with Gasteiger partial charge in [-0.2, -0.15) is 0 Å². The fourth-order valence-electron chi connectivity index (χ4n) is 1.99. The van der Waals surface area contributed by atoms with E-state index in [-0.39, 0.29) is 0 Å². The molecule has 0 saturated heterocycles. The molecule has 0 spiro atoms. The van der Waals surface area contributed by atoms with Crippen molar-refractivity contribution >= 4 is 0 Å². The second-order valence-corrected chi connectivity index (χ2v) is 3.93. The minimum Gasteiger partial charge on any atom is -0.312 e. The molecule has 0 aliphatic rings. The fraction of sp³-hybridized carbons (Fsp3) is 0.143. The molecule has 2 rings (SSSR count). The predicted octanol–water partition coefficient (Wildman–Crippen LogP) is 2.58. The third-order valence-corrected chi connectivity index (χ3v) is 2.74. The number of aryl methyl sites for hydroxylation is 1. The molecule has 2 heteroatoms. The van der Waals surface area contributed by atoms with Crippen LogP contribution < -0.4 is 11.5 Å². The van der Waals surface area contributed by atoms with E-state index in [0.29, 0.717) is 0 Å². The third-order valence-electron chi connectivity index (χ3n) is 2.74. The van der Waals surface area contributed by atoms with Crippen LogP contribution >= 0.6 is 0 Å². The minimum atomic E-state index is -0.434. The number of benzene rings is 2. The van der Waals surface area contributed by atoms with E-state index in [4.69, 9.17) is 11.5 Å². The van der Waals surface area contributed by atoms with Gasteiger partial charge in [-0.3, -0.25) is 0 Å². The van der Waals surface area contributed by atoms with Gasteiger partial charge in [0, 0.05) is 0 Å². The Kier molecular flexibility index (Phi) is 3.04. The summed E-state index contributed by atoms with van der Waals surface area (Å²) in [5.41, 5.74) is 16.1. The molecule has 0 bridgehead atoms. The van der Waals surface area contributed by atoms with Crippen LogP contribution in [0.1, 0.15) is 17.3 Å². The van der Waals surface area contributed by atoms with Gasteiger partial charge in [-0.1, -0.05) is 48.5 Å². The zero-order chi connectivity index (χ0) is 11.5. The maximum absolute atomic E-state index is 5.83. The molecule has 82 valence electrons. The quantitative estimate of drug-likeness (QED) is 0.752. The van der Waals surface area contributed by atoms with Gasteiger partial charge >= 0.3 is 0 Å². The van der Waals surface area contributed by atoms with Gasteiger partial charge in [-0.25, -0.2) is 0 Å². The SMILES string of the molecule is Cc1cccc(-c2ccccc2)c1C(N)N. The zero-order valence-corrected chi connectivity index (χ0v) is 9.35. The average molecular weight is 212 g/mol. The van der Waals surface area contributed by atoms with Crippen molar-refractivity contribution in [1.82, 2.24) is 0 Å². The van der Waals surface area contributed by atoms with Crippen LogP contribution in [-0.2, 0) is 0 Å². The molecule has 16 heavy (non-hydrogen) atoms. The van der Waals surface area contributed by atoms with Crippen molar-refractivity contribution in [3.8, 4) is 11.1 Å².